The van der Waals surface area contributed by atoms with Crippen LogP contribution in [-0.2, 0) is 0 Å². The summed E-state index contributed by atoms with van der Waals surface area (Å²) in [4.78, 5) is 3.67. The monoisotopic (exact) mass is 489 g/mol. The molecule has 3 aromatic heterocycles. The van der Waals surface area contributed by atoms with Crippen LogP contribution in [-0.4, -0.2) is 4.98 Å². The van der Waals surface area contributed by atoms with Gasteiger partial charge in [-0.2, -0.15) is 0 Å². The minimum absolute atomic E-state index is 0.928. The Bertz CT molecular complexity index is 2370. The highest BCUT2D eigenvalue weighted by Crippen LogP contribution is 2.42. The molecule has 6 aromatic carbocycles. The van der Waals surface area contributed by atoms with E-state index in [1.54, 1.807) is 0 Å². The minimum atomic E-state index is 0.928. The van der Waals surface area contributed by atoms with Crippen LogP contribution in [0.15, 0.2) is 114 Å². The fourth-order valence-electron chi connectivity index (χ4n) is 5.98. The molecular formula is C34H19NOS. The summed E-state index contributed by atoms with van der Waals surface area (Å²) in [5.41, 5.74) is 6.62. The summed E-state index contributed by atoms with van der Waals surface area (Å²) in [5, 5.41) is 10.1. The third kappa shape index (κ3) is 2.69. The maximum absolute atomic E-state index is 6.05. The SMILES string of the molecule is c1ccc2c(c1)ccc1c3cc4c(cc3sc21)[nH]c1ccc(-c2ccc3oc5ccccc5c3c2)cc14. The molecule has 0 aliphatic carbocycles. The number of aromatic nitrogens is 1. The van der Waals surface area contributed by atoms with Crippen LogP contribution in [0.25, 0.3) is 85.8 Å². The van der Waals surface area contributed by atoms with Crippen molar-refractivity contribution in [2.45, 2.75) is 0 Å². The van der Waals surface area contributed by atoms with E-state index in [1.807, 2.05) is 23.5 Å². The number of fused-ring (bicyclic) bond motifs is 11. The Kier molecular flexibility index (Phi) is 3.70. The van der Waals surface area contributed by atoms with Crippen molar-refractivity contribution in [3.8, 4) is 11.1 Å². The first-order valence-corrected chi connectivity index (χ1v) is 13.3. The zero-order chi connectivity index (χ0) is 24.1. The molecule has 0 saturated heterocycles. The molecule has 9 aromatic rings. The smallest absolute Gasteiger partial charge is 0.135 e. The van der Waals surface area contributed by atoms with E-state index in [9.17, 15) is 0 Å². The summed E-state index contributed by atoms with van der Waals surface area (Å²) in [7, 11) is 0. The number of para-hydroxylation sites is 1. The van der Waals surface area contributed by atoms with E-state index in [1.165, 1.54) is 63.9 Å². The van der Waals surface area contributed by atoms with Crippen molar-refractivity contribution in [2.75, 3.05) is 0 Å². The fraction of sp³-hybridized carbons (Fsp3) is 0. The number of hydrogen-bond acceptors (Lipinski definition) is 2. The van der Waals surface area contributed by atoms with E-state index < -0.39 is 0 Å². The molecule has 0 fully saturated rings. The number of benzene rings is 6. The first-order valence-electron chi connectivity index (χ1n) is 12.5. The summed E-state index contributed by atoms with van der Waals surface area (Å²) < 4.78 is 8.74. The molecule has 0 aliphatic heterocycles. The number of aromatic amines is 1. The molecule has 1 N–H and O–H groups in total. The number of furan rings is 1. The second kappa shape index (κ2) is 7.00. The van der Waals surface area contributed by atoms with Gasteiger partial charge in [0.1, 0.15) is 11.2 Å². The van der Waals surface area contributed by atoms with Crippen LogP contribution < -0.4 is 0 Å². The number of rotatable bonds is 1. The van der Waals surface area contributed by atoms with Crippen LogP contribution in [0.3, 0.4) is 0 Å². The van der Waals surface area contributed by atoms with E-state index in [4.69, 9.17) is 4.42 Å². The van der Waals surface area contributed by atoms with Crippen LogP contribution in [0.5, 0.6) is 0 Å². The molecule has 0 unspecified atom stereocenters. The molecule has 0 radical (unpaired) electrons. The van der Waals surface area contributed by atoms with Crippen molar-refractivity contribution in [1.82, 2.24) is 4.98 Å². The molecule has 9 rings (SSSR count). The number of nitrogens with one attached hydrogen (secondary N) is 1. The highest BCUT2D eigenvalue weighted by atomic mass is 32.1. The van der Waals surface area contributed by atoms with Gasteiger partial charge in [0.25, 0.3) is 0 Å². The van der Waals surface area contributed by atoms with Gasteiger partial charge in [0.15, 0.2) is 0 Å². The average molecular weight is 490 g/mol. The summed E-state index contributed by atoms with van der Waals surface area (Å²) in [6.45, 7) is 0. The lowest BCUT2D eigenvalue weighted by Crippen LogP contribution is -1.78. The quantitative estimate of drug-likeness (QED) is 0.244. The van der Waals surface area contributed by atoms with Crippen molar-refractivity contribution in [1.29, 1.82) is 0 Å². The van der Waals surface area contributed by atoms with Gasteiger partial charge >= 0.3 is 0 Å². The van der Waals surface area contributed by atoms with E-state index >= 15 is 0 Å². The van der Waals surface area contributed by atoms with Crippen LogP contribution >= 0.6 is 11.3 Å². The summed E-state index contributed by atoms with van der Waals surface area (Å²) in [5.74, 6) is 0. The Balaban J connectivity index is 1.28. The number of hydrogen-bond donors (Lipinski definition) is 1. The van der Waals surface area contributed by atoms with E-state index in [-0.39, 0.29) is 0 Å². The zero-order valence-electron chi connectivity index (χ0n) is 19.7. The van der Waals surface area contributed by atoms with Crippen LogP contribution in [0, 0.1) is 0 Å². The molecule has 0 spiro atoms. The van der Waals surface area contributed by atoms with Crippen molar-refractivity contribution in [3.63, 3.8) is 0 Å². The Hall–Kier alpha value is -4.60. The number of H-pyrrole nitrogens is 1. The van der Waals surface area contributed by atoms with E-state index in [0.717, 1.165) is 21.9 Å². The number of thiophene rings is 1. The largest absolute Gasteiger partial charge is 0.456 e. The van der Waals surface area contributed by atoms with Gasteiger partial charge in [-0.05, 0) is 64.4 Å². The predicted octanol–water partition coefficient (Wildman–Crippen LogP) is 10.4. The molecule has 0 amide bonds. The average Bonchev–Trinajstić information content (AvgIpc) is 3.61. The molecular weight excluding hydrogens is 470 g/mol. The Morgan fingerprint density at radius 1 is 0.486 bits per heavy atom. The third-order valence-corrected chi connectivity index (χ3v) is 8.99. The molecule has 0 saturated carbocycles. The van der Waals surface area contributed by atoms with Gasteiger partial charge in [-0.3, -0.25) is 0 Å². The van der Waals surface area contributed by atoms with Crippen molar-refractivity contribution in [3.05, 3.63) is 109 Å². The van der Waals surface area contributed by atoms with Crippen molar-refractivity contribution in [2.24, 2.45) is 0 Å². The molecule has 3 heteroatoms. The lowest BCUT2D eigenvalue weighted by Gasteiger charge is -2.03. The highest BCUT2D eigenvalue weighted by molar-refractivity contribution is 7.26. The molecule has 37 heavy (non-hydrogen) atoms. The second-order valence-corrected chi connectivity index (χ2v) is 10.9. The Morgan fingerprint density at radius 3 is 2.19 bits per heavy atom. The van der Waals surface area contributed by atoms with E-state index in [2.05, 4.69) is 102 Å². The van der Waals surface area contributed by atoms with Gasteiger partial charge < -0.3 is 9.40 Å². The van der Waals surface area contributed by atoms with Gasteiger partial charge in [0.05, 0.1) is 0 Å². The Labute approximate surface area is 215 Å². The first kappa shape index (κ1) is 19.6. The van der Waals surface area contributed by atoms with Crippen molar-refractivity contribution < 1.29 is 4.42 Å². The zero-order valence-corrected chi connectivity index (χ0v) is 20.5. The summed E-state index contributed by atoms with van der Waals surface area (Å²) in [6.07, 6.45) is 0. The molecule has 3 heterocycles. The van der Waals surface area contributed by atoms with E-state index in [0.29, 0.717) is 0 Å². The second-order valence-electron chi connectivity index (χ2n) is 9.85. The third-order valence-electron chi connectivity index (χ3n) is 7.79. The molecule has 2 nitrogen and oxygen atoms in total. The van der Waals surface area contributed by atoms with Gasteiger partial charge in [-0.15, -0.1) is 11.3 Å². The van der Waals surface area contributed by atoms with Crippen LogP contribution in [0.1, 0.15) is 0 Å². The lowest BCUT2D eigenvalue weighted by molar-refractivity contribution is 0.669. The lowest BCUT2D eigenvalue weighted by atomic mass is 10.00. The first-order chi connectivity index (χ1) is 18.3. The summed E-state index contributed by atoms with van der Waals surface area (Å²) in [6, 6.07) is 39.4. The normalized spacial score (nSPS) is 12.3. The van der Waals surface area contributed by atoms with Crippen molar-refractivity contribution >= 4 is 86.0 Å². The molecule has 0 atom stereocenters. The van der Waals surface area contributed by atoms with Gasteiger partial charge in [-0.25, -0.2) is 0 Å². The Morgan fingerprint density at radius 2 is 1.24 bits per heavy atom. The van der Waals surface area contributed by atoms with Gasteiger partial charge in [0, 0.05) is 52.8 Å². The summed E-state index contributed by atoms with van der Waals surface area (Å²) >= 11 is 1.89. The van der Waals surface area contributed by atoms with Crippen LogP contribution in [0.4, 0.5) is 0 Å². The van der Waals surface area contributed by atoms with Gasteiger partial charge in [-0.1, -0.05) is 66.7 Å². The molecule has 172 valence electrons. The minimum Gasteiger partial charge on any atom is -0.456 e. The standard InChI is InChI=1S/C34H19NOS/c1-2-6-22-19(5-1)9-12-24-28-17-26-25-15-20(10-13-29(25)35-30(26)18-33(28)37-34(22)24)21-11-14-32-27(16-21)23-7-3-4-8-31(23)36-32/h1-18,35H. The highest BCUT2D eigenvalue weighted by Gasteiger charge is 2.14. The molecule has 0 bridgehead atoms. The maximum Gasteiger partial charge on any atom is 0.135 e. The fourth-order valence-corrected chi connectivity index (χ4v) is 7.24. The maximum atomic E-state index is 6.05. The van der Waals surface area contributed by atoms with Crippen LogP contribution in [0.2, 0.25) is 0 Å². The predicted molar refractivity (Wildman–Crippen MR) is 159 cm³/mol. The topological polar surface area (TPSA) is 28.9 Å². The molecule has 0 aliphatic rings. The van der Waals surface area contributed by atoms with Gasteiger partial charge in [0.2, 0.25) is 0 Å².